The average Bonchev–Trinajstić information content (AvgIpc) is 3.31. The van der Waals surface area contributed by atoms with Crippen molar-refractivity contribution in [3.8, 4) is 0 Å². The predicted octanol–water partition coefficient (Wildman–Crippen LogP) is 1.85. The molecule has 7 nitrogen and oxygen atoms in total. The van der Waals surface area contributed by atoms with Crippen molar-refractivity contribution < 1.29 is 9.53 Å². The topological polar surface area (TPSA) is 78.2 Å². The van der Waals surface area contributed by atoms with E-state index in [9.17, 15) is 9.59 Å². The minimum atomic E-state index is -0.363. The number of pyridine rings is 1. The highest BCUT2D eigenvalue weighted by Gasteiger charge is 2.23. The van der Waals surface area contributed by atoms with E-state index in [2.05, 4.69) is 16.4 Å². The van der Waals surface area contributed by atoms with Crippen LogP contribution in [0.15, 0.2) is 47.4 Å². The normalized spacial score (nSPS) is 16.5. The lowest BCUT2D eigenvalue weighted by atomic mass is 10.1. The zero-order valence-corrected chi connectivity index (χ0v) is 15.9. The monoisotopic (exact) mass is 380 g/mol. The first-order chi connectivity index (χ1) is 13.6. The van der Waals surface area contributed by atoms with Crippen molar-refractivity contribution in [2.45, 2.75) is 39.0 Å². The molecule has 0 radical (unpaired) electrons. The van der Waals surface area contributed by atoms with Crippen LogP contribution in [-0.4, -0.2) is 39.3 Å². The first-order valence-electron chi connectivity index (χ1n) is 9.62. The highest BCUT2D eigenvalue weighted by atomic mass is 16.5. The molecule has 4 rings (SSSR count). The Morgan fingerprint density at radius 2 is 2.18 bits per heavy atom. The third kappa shape index (κ3) is 3.71. The van der Waals surface area contributed by atoms with Gasteiger partial charge in [-0.3, -0.25) is 13.9 Å². The second kappa shape index (κ2) is 7.98. The fourth-order valence-corrected chi connectivity index (χ4v) is 3.68. The van der Waals surface area contributed by atoms with Gasteiger partial charge in [-0.2, -0.15) is 0 Å². The molecule has 3 aromatic rings. The molecule has 0 bridgehead atoms. The van der Waals surface area contributed by atoms with Gasteiger partial charge in [-0.25, -0.2) is 9.78 Å². The second-order valence-corrected chi connectivity index (χ2v) is 7.15. The number of nitrogens with one attached hydrogen (secondary N) is 1. The van der Waals surface area contributed by atoms with Gasteiger partial charge in [0.05, 0.1) is 12.1 Å². The van der Waals surface area contributed by atoms with Crippen molar-refractivity contribution in [1.82, 2.24) is 19.4 Å². The molecular weight excluding hydrogens is 356 g/mol. The lowest BCUT2D eigenvalue weighted by molar-refractivity contribution is -0.130. The molecule has 0 spiro atoms. The molecule has 1 aliphatic rings. The molecular formula is C21H24N4O3. The Labute approximate surface area is 163 Å². The third-order valence-corrected chi connectivity index (χ3v) is 5.05. The summed E-state index contributed by atoms with van der Waals surface area (Å²) in [6.45, 7) is 3.88. The molecule has 146 valence electrons. The first-order valence-corrected chi connectivity index (χ1v) is 9.62. The lowest BCUT2D eigenvalue weighted by Gasteiger charge is -2.10. The van der Waals surface area contributed by atoms with Crippen molar-refractivity contribution >= 4 is 17.1 Å². The molecule has 2 aromatic heterocycles. The largest absolute Gasteiger partial charge is 0.368 e. The van der Waals surface area contributed by atoms with E-state index in [0.29, 0.717) is 31.9 Å². The molecule has 7 heteroatoms. The van der Waals surface area contributed by atoms with Gasteiger partial charge in [-0.05, 0) is 37.5 Å². The summed E-state index contributed by atoms with van der Waals surface area (Å²) in [5, 5.41) is 2.87. The molecule has 1 atom stereocenters. The molecule has 1 fully saturated rings. The maximum Gasteiger partial charge on any atom is 0.330 e. The van der Waals surface area contributed by atoms with Crippen molar-refractivity contribution in [2.75, 3.05) is 13.2 Å². The Morgan fingerprint density at radius 3 is 2.96 bits per heavy atom. The van der Waals surface area contributed by atoms with Gasteiger partial charge >= 0.3 is 5.69 Å². The van der Waals surface area contributed by atoms with Crippen LogP contribution in [0.3, 0.4) is 0 Å². The highest BCUT2D eigenvalue weighted by molar-refractivity contribution is 5.81. The van der Waals surface area contributed by atoms with Gasteiger partial charge in [0.25, 0.3) is 0 Å². The number of aromatic nitrogens is 3. The Balaban J connectivity index is 1.56. The summed E-state index contributed by atoms with van der Waals surface area (Å²) < 4.78 is 8.76. The van der Waals surface area contributed by atoms with Crippen molar-refractivity contribution in [3.63, 3.8) is 0 Å². The van der Waals surface area contributed by atoms with Crippen LogP contribution in [-0.2, 0) is 22.6 Å². The van der Waals surface area contributed by atoms with Crippen LogP contribution < -0.4 is 11.0 Å². The maximum atomic E-state index is 13.1. The van der Waals surface area contributed by atoms with E-state index in [4.69, 9.17) is 4.74 Å². The fourth-order valence-electron chi connectivity index (χ4n) is 3.68. The molecule has 28 heavy (non-hydrogen) atoms. The molecule has 1 unspecified atom stereocenters. The fraction of sp³-hybridized carbons (Fsp3) is 0.381. The maximum absolute atomic E-state index is 13.1. The van der Waals surface area contributed by atoms with E-state index in [-0.39, 0.29) is 17.7 Å². The van der Waals surface area contributed by atoms with Crippen LogP contribution in [0.5, 0.6) is 0 Å². The smallest absolute Gasteiger partial charge is 0.330 e. The molecule has 1 amide bonds. The number of aryl methyl sites for hydroxylation is 1. The summed E-state index contributed by atoms with van der Waals surface area (Å²) in [5.41, 5.74) is 3.52. The number of nitrogens with zero attached hydrogens (tertiary/aromatic N) is 3. The summed E-state index contributed by atoms with van der Waals surface area (Å²) in [7, 11) is 0. The van der Waals surface area contributed by atoms with E-state index in [1.807, 2.05) is 37.3 Å². The Hall–Kier alpha value is -2.93. The Kier molecular flexibility index (Phi) is 5.25. The SMILES string of the molecule is Cc1cccc(Cn2c(=O)n(CCNC(=O)C3CCCO3)c3ncccc32)c1. The molecule has 1 aromatic carbocycles. The van der Waals surface area contributed by atoms with Gasteiger partial charge in [0.1, 0.15) is 6.10 Å². The first kappa shape index (κ1) is 18.4. The number of hydrogen-bond donors (Lipinski definition) is 1. The summed E-state index contributed by atoms with van der Waals surface area (Å²) in [6.07, 6.45) is 2.98. The molecule has 0 aliphatic carbocycles. The third-order valence-electron chi connectivity index (χ3n) is 5.05. The quantitative estimate of drug-likeness (QED) is 0.708. The molecule has 1 saturated heterocycles. The van der Waals surface area contributed by atoms with Crippen LogP contribution in [0, 0.1) is 6.92 Å². The van der Waals surface area contributed by atoms with Crippen molar-refractivity contribution in [2.24, 2.45) is 0 Å². The number of fused-ring (bicyclic) bond motifs is 1. The number of benzene rings is 1. The Morgan fingerprint density at radius 1 is 1.29 bits per heavy atom. The van der Waals surface area contributed by atoms with Crippen molar-refractivity contribution in [1.29, 1.82) is 0 Å². The van der Waals surface area contributed by atoms with Gasteiger partial charge in [0.15, 0.2) is 5.65 Å². The number of amides is 1. The zero-order chi connectivity index (χ0) is 19.5. The summed E-state index contributed by atoms with van der Waals surface area (Å²) >= 11 is 0. The van der Waals surface area contributed by atoms with E-state index in [0.717, 1.165) is 29.5 Å². The minimum Gasteiger partial charge on any atom is -0.368 e. The number of carbonyl (C=O) groups excluding carboxylic acids is 1. The van der Waals surface area contributed by atoms with E-state index in [1.54, 1.807) is 15.3 Å². The summed E-state index contributed by atoms with van der Waals surface area (Å²) in [4.78, 5) is 29.6. The predicted molar refractivity (Wildman–Crippen MR) is 106 cm³/mol. The lowest BCUT2D eigenvalue weighted by Crippen LogP contribution is -2.37. The molecule has 3 heterocycles. The standard InChI is InChI=1S/C21H24N4O3/c1-15-5-2-6-16(13-15)14-25-17-7-3-9-22-19(17)24(21(25)27)11-10-23-20(26)18-8-4-12-28-18/h2-3,5-7,9,13,18H,4,8,10-12,14H2,1H3,(H,23,26). The summed E-state index contributed by atoms with van der Waals surface area (Å²) in [5.74, 6) is -0.109. The minimum absolute atomic E-state index is 0.109. The van der Waals surface area contributed by atoms with Crippen molar-refractivity contribution in [3.05, 3.63) is 64.2 Å². The number of ether oxygens (including phenoxy) is 1. The van der Waals surface area contributed by atoms with E-state index < -0.39 is 0 Å². The molecule has 1 N–H and O–H groups in total. The molecule has 0 saturated carbocycles. The van der Waals surface area contributed by atoms with Crippen LogP contribution in [0.1, 0.15) is 24.0 Å². The van der Waals surface area contributed by atoms with Crippen LogP contribution in [0.2, 0.25) is 0 Å². The van der Waals surface area contributed by atoms with Gasteiger partial charge in [-0.15, -0.1) is 0 Å². The van der Waals surface area contributed by atoms with Gasteiger partial charge in [0, 0.05) is 25.9 Å². The number of carbonyl (C=O) groups is 1. The Bertz CT molecular complexity index is 1050. The average molecular weight is 380 g/mol. The van der Waals surface area contributed by atoms with E-state index >= 15 is 0 Å². The van der Waals surface area contributed by atoms with Gasteiger partial charge < -0.3 is 10.1 Å². The highest BCUT2D eigenvalue weighted by Crippen LogP contribution is 2.14. The number of imidazole rings is 1. The number of hydrogen-bond acceptors (Lipinski definition) is 4. The summed E-state index contributed by atoms with van der Waals surface area (Å²) in [6, 6.07) is 11.9. The van der Waals surface area contributed by atoms with Crippen LogP contribution in [0.25, 0.3) is 11.2 Å². The molecule has 1 aliphatic heterocycles. The van der Waals surface area contributed by atoms with Gasteiger partial charge in [-0.1, -0.05) is 29.8 Å². The van der Waals surface area contributed by atoms with Crippen LogP contribution >= 0.6 is 0 Å². The second-order valence-electron chi connectivity index (χ2n) is 7.15. The number of rotatable bonds is 6. The van der Waals surface area contributed by atoms with E-state index in [1.165, 1.54) is 0 Å². The zero-order valence-electron chi connectivity index (χ0n) is 15.9. The van der Waals surface area contributed by atoms with Gasteiger partial charge in [0.2, 0.25) is 5.91 Å². The van der Waals surface area contributed by atoms with Crippen LogP contribution in [0.4, 0.5) is 0 Å².